The van der Waals surface area contributed by atoms with E-state index in [-0.39, 0.29) is 0 Å². The van der Waals surface area contributed by atoms with Crippen LogP contribution in [-0.2, 0) is 6.54 Å². The van der Waals surface area contributed by atoms with Gasteiger partial charge in [0.25, 0.3) is 0 Å². The van der Waals surface area contributed by atoms with Gasteiger partial charge >= 0.3 is 0 Å². The van der Waals surface area contributed by atoms with Crippen molar-refractivity contribution in [3.05, 3.63) is 34.4 Å². The van der Waals surface area contributed by atoms with Gasteiger partial charge in [-0.1, -0.05) is 17.7 Å². The molecule has 17 heavy (non-hydrogen) atoms. The first-order chi connectivity index (χ1) is 7.90. The normalized spacial score (nSPS) is 13.1. The van der Waals surface area contributed by atoms with Gasteiger partial charge in [-0.2, -0.15) is 0 Å². The van der Waals surface area contributed by atoms with Gasteiger partial charge in [-0.15, -0.1) is 0 Å². The first-order valence-corrected chi connectivity index (χ1v) is 6.35. The van der Waals surface area contributed by atoms with Crippen LogP contribution in [0.1, 0.15) is 29.2 Å². The van der Waals surface area contributed by atoms with E-state index in [1.54, 1.807) is 0 Å². The number of nitrogens with zero attached hydrogens (tertiary/aromatic N) is 1. The Morgan fingerprint density at radius 1 is 1.12 bits per heavy atom. The van der Waals surface area contributed by atoms with Gasteiger partial charge in [-0.05, 0) is 58.5 Å². The lowest BCUT2D eigenvalue weighted by atomic mass is 9.99. The predicted octanol–water partition coefficient (Wildman–Crippen LogP) is 2.65. The summed E-state index contributed by atoms with van der Waals surface area (Å²) in [7, 11) is 4.22. The Balaban J connectivity index is 2.63. The number of hydrogen-bond donors (Lipinski definition) is 1. The van der Waals surface area contributed by atoms with Crippen LogP contribution in [0.3, 0.4) is 0 Å². The summed E-state index contributed by atoms with van der Waals surface area (Å²) < 4.78 is 0. The summed E-state index contributed by atoms with van der Waals surface area (Å²) in [5.41, 5.74) is 5.59. The number of benzene rings is 1. The molecular weight excluding hydrogens is 208 g/mol. The second-order valence-electron chi connectivity index (χ2n) is 5.42. The lowest BCUT2D eigenvalue weighted by Gasteiger charge is -2.20. The van der Waals surface area contributed by atoms with Crippen LogP contribution in [-0.4, -0.2) is 31.6 Å². The summed E-state index contributed by atoms with van der Waals surface area (Å²) in [5.74, 6) is 0. The summed E-state index contributed by atoms with van der Waals surface area (Å²) in [6, 6.07) is 5.05. The first-order valence-electron chi connectivity index (χ1n) is 6.35. The second kappa shape index (κ2) is 6.18. The first kappa shape index (κ1) is 14.2. The van der Waals surface area contributed by atoms with E-state index in [0.717, 1.165) is 13.1 Å². The van der Waals surface area contributed by atoms with E-state index in [1.807, 2.05) is 0 Å². The Labute approximate surface area is 106 Å². The average Bonchev–Trinajstić information content (AvgIpc) is 2.14. The van der Waals surface area contributed by atoms with Gasteiger partial charge < -0.3 is 10.2 Å². The van der Waals surface area contributed by atoms with E-state index in [1.165, 1.54) is 22.3 Å². The van der Waals surface area contributed by atoms with Crippen molar-refractivity contribution in [2.75, 3.05) is 20.6 Å². The van der Waals surface area contributed by atoms with Crippen molar-refractivity contribution in [1.82, 2.24) is 10.2 Å². The van der Waals surface area contributed by atoms with E-state index >= 15 is 0 Å². The zero-order chi connectivity index (χ0) is 13.0. The van der Waals surface area contributed by atoms with Gasteiger partial charge in [0.2, 0.25) is 0 Å². The number of likely N-dealkylation sites (N-methyl/N-ethyl adjacent to an activating group) is 1. The quantitative estimate of drug-likeness (QED) is 0.842. The minimum absolute atomic E-state index is 0.519. The fraction of sp³-hybridized carbons (Fsp3) is 0.600. The molecule has 0 aliphatic rings. The largest absolute Gasteiger partial charge is 0.309 e. The molecule has 2 nitrogen and oxygen atoms in total. The third-order valence-corrected chi connectivity index (χ3v) is 3.11. The molecule has 0 aromatic heterocycles. The van der Waals surface area contributed by atoms with Gasteiger partial charge in [0.15, 0.2) is 0 Å². The predicted molar refractivity (Wildman–Crippen MR) is 75.5 cm³/mol. The smallest absolute Gasteiger partial charge is 0.0213 e. The van der Waals surface area contributed by atoms with Crippen molar-refractivity contribution in [3.8, 4) is 0 Å². The standard InChI is InChI=1S/C15H26N2/c1-11-7-12(2)15(13(3)8-11)9-16-14(4)10-17(5)6/h7-8,14,16H,9-10H2,1-6H3. The molecule has 0 heterocycles. The molecule has 1 rings (SSSR count). The van der Waals surface area contributed by atoms with Crippen molar-refractivity contribution in [3.63, 3.8) is 0 Å². The van der Waals surface area contributed by atoms with Crippen molar-refractivity contribution >= 4 is 0 Å². The highest BCUT2D eigenvalue weighted by Gasteiger charge is 2.06. The van der Waals surface area contributed by atoms with Gasteiger partial charge in [0.1, 0.15) is 0 Å². The molecule has 0 amide bonds. The van der Waals surface area contributed by atoms with Gasteiger partial charge in [0.05, 0.1) is 0 Å². The Morgan fingerprint density at radius 3 is 2.12 bits per heavy atom. The zero-order valence-electron chi connectivity index (χ0n) is 12.1. The Hall–Kier alpha value is -0.860. The number of nitrogens with one attached hydrogen (secondary N) is 1. The van der Waals surface area contributed by atoms with E-state index in [9.17, 15) is 0 Å². The lowest BCUT2D eigenvalue weighted by Crippen LogP contribution is -2.35. The maximum absolute atomic E-state index is 3.59. The molecule has 1 N–H and O–H groups in total. The summed E-state index contributed by atoms with van der Waals surface area (Å²) in [4.78, 5) is 2.21. The van der Waals surface area contributed by atoms with Crippen LogP contribution in [0.2, 0.25) is 0 Å². The fourth-order valence-corrected chi connectivity index (χ4v) is 2.38. The van der Waals surface area contributed by atoms with Gasteiger partial charge in [-0.3, -0.25) is 0 Å². The van der Waals surface area contributed by atoms with Crippen molar-refractivity contribution in [2.24, 2.45) is 0 Å². The van der Waals surface area contributed by atoms with Crippen molar-refractivity contribution < 1.29 is 0 Å². The van der Waals surface area contributed by atoms with E-state index in [2.05, 4.69) is 64.1 Å². The third kappa shape index (κ3) is 4.49. The molecule has 1 atom stereocenters. The molecule has 0 saturated heterocycles. The second-order valence-corrected chi connectivity index (χ2v) is 5.42. The summed E-state index contributed by atoms with van der Waals surface area (Å²) in [5, 5.41) is 3.59. The van der Waals surface area contributed by atoms with Crippen molar-refractivity contribution in [2.45, 2.75) is 40.3 Å². The fourth-order valence-electron chi connectivity index (χ4n) is 2.38. The third-order valence-electron chi connectivity index (χ3n) is 3.11. The van der Waals surface area contributed by atoms with Crippen LogP contribution in [0, 0.1) is 20.8 Å². The molecule has 96 valence electrons. The molecular formula is C15H26N2. The van der Waals surface area contributed by atoms with Gasteiger partial charge in [0, 0.05) is 19.1 Å². The van der Waals surface area contributed by atoms with Crippen LogP contribution in [0.15, 0.2) is 12.1 Å². The van der Waals surface area contributed by atoms with Crippen molar-refractivity contribution in [1.29, 1.82) is 0 Å². The Bertz CT molecular complexity index is 346. The van der Waals surface area contributed by atoms with E-state index < -0.39 is 0 Å². The minimum Gasteiger partial charge on any atom is -0.309 e. The van der Waals surface area contributed by atoms with Crippen LogP contribution >= 0.6 is 0 Å². The number of hydrogen-bond acceptors (Lipinski definition) is 2. The van der Waals surface area contributed by atoms with E-state index in [0.29, 0.717) is 6.04 Å². The van der Waals surface area contributed by atoms with Crippen LogP contribution in [0.5, 0.6) is 0 Å². The minimum atomic E-state index is 0.519. The molecule has 0 bridgehead atoms. The summed E-state index contributed by atoms with van der Waals surface area (Å²) in [6.45, 7) is 10.8. The molecule has 0 fully saturated rings. The van der Waals surface area contributed by atoms with E-state index in [4.69, 9.17) is 0 Å². The molecule has 0 radical (unpaired) electrons. The number of aryl methyl sites for hydroxylation is 3. The Kier molecular flexibility index (Phi) is 5.16. The average molecular weight is 234 g/mol. The Morgan fingerprint density at radius 2 is 1.65 bits per heavy atom. The van der Waals surface area contributed by atoms with Crippen LogP contribution < -0.4 is 5.32 Å². The molecule has 1 aromatic carbocycles. The summed E-state index contributed by atoms with van der Waals surface area (Å²) in [6.07, 6.45) is 0. The summed E-state index contributed by atoms with van der Waals surface area (Å²) >= 11 is 0. The maximum atomic E-state index is 3.59. The lowest BCUT2D eigenvalue weighted by molar-refractivity contribution is 0.349. The van der Waals surface area contributed by atoms with Crippen LogP contribution in [0.4, 0.5) is 0 Å². The SMILES string of the molecule is Cc1cc(C)c(CNC(C)CN(C)C)c(C)c1. The highest BCUT2D eigenvalue weighted by molar-refractivity contribution is 5.37. The highest BCUT2D eigenvalue weighted by atomic mass is 15.1. The monoisotopic (exact) mass is 234 g/mol. The molecule has 0 saturated carbocycles. The molecule has 1 unspecified atom stereocenters. The number of rotatable bonds is 5. The molecule has 0 spiro atoms. The van der Waals surface area contributed by atoms with Gasteiger partial charge in [-0.25, -0.2) is 0 Å². The topological polar surface area (TPSA) is 15.3 Å². The molecule has 1 aromatic rings. The molecule has 0 aliphatic heterocycles. The maximum Gasteiger partial charge on any atom is 0.0213 e. The molecule has 0 aliphatic carbocycles. The van der Waals surface area contributed by atoms with Crippen LogP contribution in [0.25, 0.3) is 0 Å². The highest BCUT2D eigenvalue weighted by Crippen LogP contribution is 2.16. The molecule has 2 heteroatoms. The zero-order valence-corrected chi connectivity index (χ0v) is 12.1.